The molecule has 3 rings (SSSR count). The van der Waals surface area contributed by atoms with Crippen LogP contribution in [0.4, 0.5) is 5.69 Å². The van der Waals surface area contributed by atoms with Crippen molar-refractivity contribution in [2.24, 2.45) is 4.99 Å². The predicted molar refractivity (Wildman–Crippen MR) is 102 cm³/mol. The fourth-order valence-electron chi connectivity index (χ4n) is 3.57. The average Bonchev–Trinajstić information content (AvgIpc) is 3.02. The van der Waals surface area contributed by atoms with Crippen molar-refractivity contribution in [3.8, 4) is 0 Å². The largest absolute Gasteiger partial charge is 0.355 e. The Bertz CT molecular complexity index is 583. The zero-order valence-corrected chi connectivity index (χ0v) is 15.1. The van der Waals surface area contributed by atoms with Gasteiger partial charge in [0.1, 0.15) is 0 Å². The van der Waals surface area contributed by atoms with Crippen molar-refractivity contribution < 1.29 is 4.79 Å². The summed E-state index contributed by atoms with van der Waals surface area (Å²) in [5.41, 5.74) is 0.963. The van der Waals surface area contributed by atoms with E-state index in [0.717, 1.165) is 24.7 Å². The van der Waals surface area contributed by atoms with Gasteiger partial charge in [0.15, 0.2) is 5.96 Å². The van der Waals surface area contributed by atoms with E-state index in [1.807, 2.05) is 35.2 Å². The van der Waals surface area contributed by atoms with Crippen LogP contribution in [0.5, 0.6) is 0 Å². The summed E-state index contributed by atoms with van der Waals surface area (Å²) in [6.45, 7) is 5.01. The fourth-order valence-corrected chi connectivity index (χ4v) is 3.57. The van der Waals surface area contributed by atoms with E-state index >= 15 is 0 Å². The van der Waals surface area contributed by atoms with Crippen molar-refractivity contribution in [3.63, 3.8) is 0 Å². The number of para-hydroxylation sites is 1. The number of amides is 1. The first-order valence-corrected chi connectivity index (χ1v) is 9.31. The monoisotopic (exact) mass is 343 g/mol. The van der Waals surface area contributed by atoms with Crippen LogP contribution < -0.4 is 15.5 Å². The van der Waals surface area contributed by atoms with Crippen molar-refractivity contribution in [2.75, 3.05) is 44.7 Å². The molecule has 0 bridgehead atoms. The Hall–Kier alpha value is -2.08. The molecular formula is C19H29N5O. The molecule has 0 aromatic heterocycles. The normalized spacial score (nSPS) is 22.3. The lowest BCUT2D eigenvalue weighted by Gasteiger charge is -2.27. The number of rotatable bonds is 5. The fraction of sp³-hybridized carbons (Fsp3) is 0.579. The number of piperidine rings is 1. The zero-order chi connectivity index (χ0) is 17.5. The smallest absolute Gasteiger partial charge is 0.229 e. The Morgan fingerprint density at radius 3 is 2.68 bits per heavy atom. The van der Waals surface area contributed by atoms with Gasteiger partial charge in [0.25, 0.3) is 0 Å². The number of nitrogens with zero attached hydrogens (tertiary/aromatic N) is 3. The first kappa shape index (κ1) is 17.7. The SMILES string of the molecule is CN=C(NCCN1CCCCC1)NC1CC(=O)N(c2ccccc2)C1. The van der Waals surface area contributed by atoms with Gasteiger partial charge in [-0.1, -0.05) is 24.6 Å². The molecule has 6 heteroatoms. The highest BCUT2D eigenvalue weighted by Crippen LogP contribution is 2.20. The van der Waals surface area contributed by atoms with Crippen LogP contribution in [0.25, 0.3) is 0 Å². The molecule has 0 saturated carbocycles. The standard InChI is InChI=1S/C19H29N5O/c1-20-19(21-10-13-23-11-6-3-7-12-23)22-16-14-18(25)24(15-16)17-8-4-2-5-9-17/h2,4-5,8-9,16H,3,6-7,10-15H2,1H3,(H2,20,21,22). The van der Waals surface area contributed by atoms with Crippen molar-refractivity contribution in [1.29, 1.82) is 0 Å². The first-order valence-electron chi connectivity index (χ1n) is 9.31. The van der Waals surface area contributed by atoms with E-state index in [-0.39, 0.29) is 11.9 Å². The van der Waals surface area contributed by atoms with Gasteiger partial charge >= 0.3 is 0 Å². The number of hydrogen-bond acceptors (Lipinski definition) is 3. The third kappa shape index (κ3) is 4.95. The van der Waals surface area contributed by atoms with Crippen LogP contribution in [0.3, 0.4) is 0 Å². The van der Waals surface area contributed by atoms with E-state index in [4.69, 9.17) is 0 Å². The van der Waals surface area contributed by atoms with E-state index in [0.29, 0.717) is 13.0 Å². The Kier molecular flexibility index (Phi) is 6.28. The number of likely N-dealkylation sites (tertiary alicyclic amines) is 1. The molecular weight excluding hydrogens is 314 g/mol. The second kappa shape index (κ2) is 8.85. The van der Waals surface area contributed by atoms with E-state index in [9.17, 15) is 4.79 Å². The minimum atomic E-state index is 0.0916. The molecule has 1 amide bonds. The van der Waals surface area contributed by atoms with Crippen LogP contribution >= 0.6 is 0 Å². The van der Waals surface area contributed by atoms with Crippen LogP contribution in [0.1, 0.15) is 25.7 Å². The van der Waals surface area contributed by atoms with Gasteiger partial charge < -0.3 is 20.4 Å². The quantitative estimate of drug-likeness (QED) is 0.627. The predicted octanol–water partition coefficient (Wildman–Crippen LogP) is 1.44. The van der Waals surface area contributed by atoms with E-state index < -0.39 is 0 Å². The number of carbonyl (C=O) groups excluding carboxylic acids is 1. The van der Waals surface area contributed by atoms with Gasteiger partial charge in [-0.05, 0) is 38.1 Å². The molecule has 2 fully saturated rings. The molecule has 2 N–H and O–H groups in total. The van der Waals surface area contributed by atoms with Crippen molar-refractivity contribution in [1.82, 2.24) is 15.5 Å². The highest BCUT2D eigenvalue weighted by molar-refractivity contribution is 5.97. The van der Waals surface area contributed by atoms with Gasteiger partial charge in [0.2, 0.25) is 5.91 Å². The van der Waals surface area contributed by atoms with Crippen LogP contribution in [-0.2, 0) is 4.79 Å². The lowest BCUT2D eigenvalue weighted by Crippen LogP contribution is -2.47. The molecule has 0 spiro atoms. The summed E-state index contributed by atoms with van der Waals surface area (Å²) in [7, 11) is 1.78. The van der Waals surface area contributed by atoms with Crippen molar-refractivity contribution >= 4 is 17.6 Å². The summed E-state index contributed by atoms with van der Waals surface area (Å²) >= 11 is 0. The molecule has 136 valence electrons. The van der Waals surface area contributed by atoms with E-state index in [1.54, 1.807) is 7.05 Å². The molecule has 25 heavy (non-hydrogen) atoms. The molecule has 1 aromatic carbocycles. The number of nitrogens with one attached hydrogen (secondary N) is 2. The second-order valence-electron chi connectivity index (χ2n) is 6.79. The molecule has 1 aromatic rings. The van der Waals surface area contributed by atoms with Gasteiger partial charge in [-0.25, -0.2) is 0 Å². The van der Waals surface area contributed by atoms with Crippen molar-refractivity contribution in [3.05, 3.63) is 30.3 Å². The zero-order valence-electron chi connectivity index (χ0n) is 15.1. The Morgan fingerprint density at radius 1 is 1.20 bits per heavy atom. The Balaban J connectivity index is 1.45. The highest BCUT2D eigenvalue weighted by atomic mass is 16.2. The number of anilines is 1. The third-order valence-electron chi connectivity index (χ3n) is 4.93. The van der Waals surface area contributed by atoms with Gasteiger partial charge in [0.05, 0.1) is 6.04 Å². The summed E-state index contributed by atoms with van der Waals surface area (Å²) in [6.07, 6.45) is 4.49. The lowest BCUT2D eigenvalue weighted by atomic mass is 10.1. The Labute approximate surface area is 150 Å². The minimum Gasteiger partial charge on any atom is -0.355 e. The van der Waals surface area contributed by atoms with Gasteiger partial charge in [-0.15, -0.1) is 0 Å². The maximum absolute atomic E-state index is 12.3. The molecule has 2 aliphatic heterocycles. The topological polar surface area (TPSA) is 60.0 Å². The van der Waals surface area contributed by atoms with Crippen LogP contribution in [-0.4, -0.2) is 62.6 Å². The van der Waals surface area contributed by atoms with Crippen LogP contribution in [0.15, 0.2) is 35.3 Å². The van der Waals surface area contributed by atoms with E-state index in [2.05, 4.69) is 20.5 Å². The van der Waals surface area contributed by atoms with Crippen LogP contribution in [0, 0.1) is 0 Å². The summed E-state index contributed by atoms with van der Waals surface area (Å²) < 4.78 is 0. The average molecular weight is 343 g/mol. The van der Waals surface area contributed by atoms with Crippen LogP contribution in [0.2, 0.25) is 0 Å². The molecule has 0 radical (unpaired) electrons. The highest BCUT2D eigenvalue weighted by Gasteiger charge is 2.31. The number of hydrogen-bond donors (Lipinski definition) is 2. The van der Waals surface area contributed by atoms with Gasteiger partial charge in [-0.3, -0.25) is 9.79 Å². The molecule has 1 atom stereocenters. The lowest BCUT2D eigenvalue weighted by molar-refractivity contribution is -0.117. The molecule has 6 nitrogen and oxygen atoms in total. The maximum atomic E-state index is 12.3. The maximum Gasteiger partial charge on any atom is 0.229 e. The second-order valence-corrected chi connectivity index (χ2v) is 6.79. The summed E-state index contributed by atoms with van der Waals surface area (Å²) in [5.74, 6) is 0.942. The molecule has 2 aliphatic rings. The number of carbonyl (C=O) groups is 1. The minimum absolute atomic E-state index is 0.0916. The summed E-state index contributed by atoms with van der Waals surface area (Å²) in [4.78, 5) is 20.9. The third-order valence-corrected chi connectivity index (χ3v) is 4.93. The molecule has 2 heterocycles. The van der Waals surface area contributed by atoms with Crippen molar-refractivity contribution in [2.45, 2.75) is 31.7 Å². The van der Waals surface area contributed by atoms with E-state index in [1.165, 1.54) is 32.4 Å². The van der Waals surface area contributed by atoms with Gasteiger partial charge in [-0.2, -0.15) is 0 Å². The summed E-state index contributed by atoms with van der Waals surface area (Å²) in [5, 5.41) is 6.77. The number of benzene rings is 1. The van der Waals surface area contributed by atoms with Gasteiger partial charge in [0, 0.05) is 38.8 Å². The number of guanidine groups is 1. The first-order chi connectivity index (χ1) is 12.3. The number of aliphatic imine (C=N–C) groups is 1. The summed E-state index contributed by atoms with van der Waals surface area (Å²) in [6, 6.07) is 9.94. The molecule has 1 unspecified atom stereocenters. The molecule has 2 saturated heterocycles. The Morgan fingerprint density at radius 2 is 1.96 bits per heavy atom. The molecule has 0 aliphatic carbocycles.